The summed E-state index contributed by atoms with van der Waals surface area (Å²) >= 11 is 0. The van der Waals surface area contributed by atoms with Crippen LogP contribution in [0, 0.1) is 6.92 Å². The molecule has 0 aliphatic rings. The highest BCUT2D eigenvalue weighted by Gasteiger charge is 2.29. The summed E-state index contributed by atoms with van der Waals surface area (Å²) < 4.78 is 13.9. The van der Waals surface area contributed by atoms with E-state index >= 15 is 0 Å². The molecule has 1 N–H and O–H groups in total. The normalized spacial score (nSPS) is 11.3. The maximum Gasteiger partial charge on any atom is 0.350 e. The fraction of sp³-hybridized carbons (Fsp3) is 0.318. The van der Waals surface area contributed by atoms with Crippen molar-refractivity contribution in [1.29, 1.82) is 0 Å². The molecule has 3 aromatic rings. The molecule has 0 aliphatic heterocycles. The van der Waals surface area contributed by atoms with Crippen LogP contribution in [0.1, 0.15) is 31.9 Å². The van der Waals surface area contributed by atoms with Gasteiger partial charge in [0.15, 0.2) is 5.60 Å². The van der Waals surface area contributed by atoms with Crippen LogP contribution in [0.25, 0.3) is 5.69 Å². The van der Waals surface area contributed by atoms with Crippen molar-refractivity contribution in [3.8, 4) is 17.2 Å². The standard InChI is InChI=1S/C22H25N3O5/c1-5-29-18-9-7-17(8-10-18)24-14-23-25(21(24)28)13-16-6-11-19(15(2)12-16)30-22(3,4)20(26)27/h6-12,14H,5,13H2,1-4H3,(H,26,27). The molecule has 158 valence electrons. The number of hydrogen-bond donors (Lipinski definition) is 1. The van der Waals surface area contributed by atoms with Gasteiger partial charge in [-0.1, -0.05) is 12.1 Å². The van der Waals surface area contributed by atoms with E-state index < -0.39 is 11.6 Å². The molecule has 30 heavy (non-hydrogen) atoms. The van der Waals surface area contributed by atoms with E-state index in [1.54, 1.807) is 24.3 Å². The fourth-order valence-electron chi connectivity index (χ4n) is 2.91. The number of aromatic nitrogens is 3. The average Bonchev–Trinajstić information content (AvgIpc) is 3.05. The molecule has 0 unspecified atom stereocenters. The van der Waals surface area contributed by atoms with Crippen LogP contribution in [0.2, 0.25) is 0 Å². The summed E-state index contributed by atoms with van der Waals surface area (Å²) in [7, 11) is 0. The van der Waals surface area contributed by atoms with Gasteiger partial charge in [0.1, 0.15) is 17.8 Å². The van der Waals surface area contributed by atoms with Gasteiger partial charge in [-0.25, -0.2) is 18.8 Å². The summed E-state index contributed by atoms with van der Waals surface area (Å²) in [5.41, 5.74) is 0.738. The van der Waals surface area contributed by atoms with Crippen molar-refractivity contribution in [3.63, 3.8) is 0 Å². The molecule has 2 aromatic carbocycles. The Bertz CT molecular complexity index is 1100. The number of hydrogen-bond acceptors (Lipinski definition) is 5. The van der Waals surface area contributed by atoms with Crippen LogP contribution in [0.15, 0.2) is 53.6 Å². The number of carboxylic acid groups (broad SMARTS) is 1. The number of aryl methyl sites for hydroxylation is 1. The van der Waals surface area contributed by atoms with Crippen molar-refractivity contribution in [1.82, 2.24) is 14.3 Å². The summed E-state index contributed by atoms with van der Waals surface area (Å²) in [6.45, 7) is 7.60. The van der Waals surface area contributed by atoms with Gasteiger partial charge in [-0.15, -0.1) is 0 Å². The molecule has 0 spiro atoms. The summed E-state index contributed by atoms with van der Waals surface area (Å²) in [5, 5.41) is 13.4. The van der Waals surface area contributed by atoms with Gasteiger partial charge in [-0.3, -0.25) is 0 Å². The maximum absolute atomic E-state index is 12.7. The van der Waals surface area contributed by atoms with E-state index in [1.165, 1.54) is 29.4 Å². The predicted molar refractivity (Wildman–Crippen MR) is 112 cm³/mol. The predicted octanol–water partition coefficient (Wildman–Crippen LogP) is 3.03. The van der Waals surface area contributed by atoms with Crippen LogP contribution in [0.4, 0.5) is 0 Å². The lowest BCUT2D eigenvalue weighted by Gasteiger charge is -2.23. The summed E-state index contributed by atoms with van der Waals surface area (Å²) in [5.74, 6) is 0.182. The van der Waals surface area contributed by atoms with Crippen molar-refractivity contribution in [2.75, 3.05) is 6.61 Å². The van der Waals surface area contributed by atoms with Crippen molar-refractivity contribution >= 4 is 5.97 Å². The van der Waals surface area contributed by atoms with Crippen molar-refractivity contribution in [2.24, 2.45) is 0 Å². The SMILES string of the molecule is CCOc1ccc(-n2cnn(Cc3ccc(OC(C)(C)C(=O)O)c(C)c3)c2=O)cc1. The van der Waals surface area contributed by atoms with Crippen LogP contribution in [-0.2, 0) is 11.3 Å². The average molecular weight is 411 g/mol. The first-order valence-electron chi connectivity index (χ1n) is 9.61. The molecule has 0 bridgehead atoms. The molecule has 8 heteroatoms. The zero-order valence-corrected chi connectivity index (χ0v) is 17.5. The maximum atomic E-state index is 12.7. The minimum Gasteiger partial charge on any atom is -0.494 e. The van der Waals surface area contributed by atoms with Gasteiger partial charge in [0.25, 0.3) is 0 Å². The summed E-state index contributed by atoms with van der Waals surface area (Å²) in [6.07, 6.45) is 1.48. The number of carbonyl (C=O) groups is 1. The van der Waals surface area contributed by atoms with Crippen LogP contribution in [0.5, 0.6) is 11.5 Å². The van der Waals surface area contributed by atoms with Crippen molar-refractivity contribution in [2.45, 2.75) is 39.8 Å². The van der Waals surface area contributed by atoms with Crippen LogP contribution in [0.3, 0.4) is 0 Å². The fourth-order valence-corrected chi connectivity index (χ4v) is 2.91. The van der Waals surface area contributed by atoms with E-state index in [-0.39, 0.29) is 12.2 Å². The minimum atomic E-state index is -1.33. The highest BCUT2D eigenvalue weighted by Crippen LogP contribution is 2.24. The molecule has 0 aliphatic carbocycles. The molecule has 3 rings (SSSR count). The Labute approximate surface area is 174 Å². The molecule has 0 atom stereocenters. The first-order valence-corrected chi connectivity index (χ1v) is 9.61. The number of benzene rings is 2. The van der Waals surface area contributed by atoms with Gasteiger partial charge in [0, 0.05) is 0 Å². The number of nitrogens with zero attached hydrogens (tertiary/aromatic N) is 3. The minimum absolute atomic E-state index is 0.260. The second-order valence-corrected chi connectivity index (χ2v) is 7.39. The van der Waals surface area contributed by atoms with Gasteiger partial charge >= 0.3 is 11.7 Å². The third-order valence-electron chi connectivity index (χ3n) is 4.61. The lowest BCUT2D eigenvalue weighted by Crippen LogP contribution is -2.38. The topological polar surface area (TPSA) is 95.6 Å². The van der Waals surface area contributed by atoms with Crippen LogP contribution < -0.4 is 15.2 Å². The number of carboxylic acids is 1. The summed E-state index contributed by atoms with van der Waals surface area (Å²) in [6, 6.07) is 12.6. The van der Waals surface area contributed by atoms with Crippen molar-refractivity contribution < 1.29 is 19.4 Å². The highest BCUT2D eigenvalue weighted by molar-refractivity contribution is 5.76. The Morgan fingerprint density at radius 1 is 1.17 bits per heavy atom. The zero-order valence-electron chi connectivity index (χ0n) is 17.5. The molecular weight excluding hydrogens is 386 g/mol. The molecular formula is C22H25N3O5. The molecule has 0 radical (unpaired) electrons. The Hall–Kier alpha value is -3.55. The van der Waals surface area contributed by atoms with Crippen LogP contribution >= 0.6 is 0 Å². The lowest BCUT2D eigenvalue weighted by atomic mass is 10.1. The van der Waals surface area contributed by atoms with Crippen molar-refractivity contribution in [3.05, 3.63) is 70.4 Å². The van der Waals surface area contributed by atoms with Gasteiger partial charge in [-0.2, -0.15) is 5.10 Å². The summed E-state index contributed by atoms with van der Waals surface area (Å²) in [4.78, 5) is 24.0. The highest BCUT2D eigenvalue weighted by atomic mass is 16.5. The van der Waals surface area contributed by atoms with E-state index in [9.17, 15) is 14.7 Å². The van der Waals surface area contributed by atoms with E-state index in [1.807, 2.05) is 32.0 Å². The number of aliphatic carboxylic acids is 1. The smallest absolute Gasteiger partial charge is 0.350 e. The number of ether oxygens (including phenoxy) is 2. The molecule has 1 heterocycles. The van der Waals surface area contributed by atoms with Crippen LogP contribution in [-0.4, -0.2) is 37.6 Å². The monoisotopic (exact) mass is 411 g/mol. The van der Waals surface area contributed by atoms with Gasteiger partial charge in [0.05, 0.1) is 18.8 Å². The first kappa shape index (κ1) is 21.2. The second-order valence-electron chi connectivity index (χ2n) is 7.39. The van der Waals surface area contributed by atoms with E-state index in [0.29, 0.717) is 18.0 Å². The third kappa shape index (κ3) is 4.53. The molecule has 0 fully saturated rings. The number of rotatable bonds is 8. The largest absolute Gasteiger partial charge is 0.494 e. The Kier molecular flexibility index (Phi) is 5.96. The molecule has 0 amide bonds. The second kappa shape index (κ2) is 8.44. The Balaban J connectivity index is 1.78. The van der Waals surface area contributed by atoms with E-state index in [2.05, 4.69) is 5.10 Å². The van der Waals surface area contributed by atoms with E-state index in [4.69, 9.17) is 9.47 Å². The quantitative estimate of drug-likeness (QED) is 0.612. The lowest BCUT2D eigenvalue weighted by molar-refractivity contribution is -0.152. The Morgan fingerprint density at radius 2 is 1.87 bits per heavy atom. The molecule has 0 saturated heterocycles. The van der Waals surface area contributed by atoms with E-state index in [0.717, 1.165) is 16.9 Å². The molecule has 0 saturated carbocycles. The Morgan fingerprint density at radius 3 is 2.47 bits per heavy atom. The first-order chi connectivity index (χ1) is 14.2. The molecule has 8 nitrogen and oxygen atoms in total. The third-order valence-corrected chi connectivity index (χ3v) is 4.61. The zero-order chi connectivity index (χ0) is 21.9. The molecule has 1 aromatic heterocycles. The van der Waals surface area contributed by atoms with Gasteiger partial charge in [0.2, 0.25) is 0 Å². The van der Waals surface area contributed by atoms with Gasteiger partial charge < -0.3 is 14.6 Å². The van der Waals surface area contributed by atoms with Gasteiger partial charge in [-0.05, 0) is 69.2 Å².